The zero-order valence-electron chi connectivity index (χ0n) is 55.0. The molecule has 6 nitrogen and oxygen atoms in total. The van der Waals surface area contributed by atoms with Gasteiger partial charge in [0.1, 0.15) is 13.2 Å². The highest BCUT2D eigenvalue weighted by Crippen LogP contribution is 2.18. The van der Waals surface area contributed by atoms with E-state index in [-0.39, 0.29) is 31.1 Å². The van der Waals surface area contributed by atoms with Gasteiger partial charge in [0.15, 0.2) is 6.10 Å². The van der Waals surface area contributed by atoms with Crippen molar-refractivity contribution in [2.75, 3.05) is 13.2 Å². The number of ether oxygens (including phenoxy) is 3. The second-order valence-electron chi connectivity index (χ2n) is 24.5. The average molecular weight is 1150 g/mol. The SMILES string of the molecule is CC/C=C\C/C=C\C/C=C\CCCCCCCC(=O)OC(COC(=O)CCCCCCCCCCCCCCCC)COC(=O)CCCCCCCCCCCCCCCCCCCCCCCCC/C=C\C/C=C\CCCCCCC. The van der Waals surface area contributed by atoms with Gasteiger partial charge < -0.3 is 14.2 Å². The Hall–Kier alpha value is -2.89. The predicted molar refractivity (Wildman–Crippen MR) is 358 cm³/mol. The van der Waals surface area contributed by atoms with Gasteiger partial charge in [-0.15, -0.1) is 0 Å². The lowest BCUT2D eigenvalue weighted by atomic mass is 10.0. The van der Waals surface area contributed by atoms with E-state index in [9.17, 15) is 14.4 Å². The first kappa shape index (κ1) is 79.1. The van der Waals surface area contributed by atoms with Crippen LogP contribution in [0.25, 0.3) is 0 Å². The van der Waals surface area contributed by atoms with Gasteiger partial charge in [-0.1, -0.05) is 345 Å². The maximum Gasteiger partial charge on any atom is 0.306 e. The fourth-order valence-electron chi connectivity index (χ4n) is 10.8. The van der Waals surface area contributed by atoms with Gasteiger partial charge in [0, 0.05) is 19.3 Å². The van der Waals surface area contributed by atoms with Crippen LogP contribution < -0.4 is 0 Å². The van der Waals surface area contributed by atoms with Crippen LogP contribution in [-0.4, -0.2) is 37.2 Å². The smallest absolute Gasteiger partial charge is 0.306 e. The van der Waals surface area contributed by atoms with Crippen molar-refractivity contribution >= 4 is 17.9 Å². The minimum Gasteiger partial charge on any atom is -0.462 e. The molecule has 0 N–H and O–H groups in total. The summed E-state index contributed by atoms with van der Waals surface area (Å²) in [6, 6.07) is 0. The van der Waals surface area contributed by atoms with Crippen LogP contribution >= 0.6 is 0 Å². The molecule has 0 rings (SSSR count). The molecule has 0 heterocycles. The normalized spacial score (nSPS) is 12.4. The first-order valence-electron chi connectivity index (χ1n) is 36.3. The van der Waals surface area contributed by atoms with Crippen molar-refractivity contribution in [1.82, 2.24) is 0 Å². The zero-order valence-corrected chi connectivity index (χ0v) is 55.0. The lowest BCUT2D eigenvalue weighted by Crippen LogP contribution is -2.30. The van der Waals surface area contributed by atoms with Crippen LogP contribution in [0.3, 0.4) is 0 Å². The van der Waals surface area contributed by atoms with Crippen molar-refractivity contribution in [1.29, 1.82) is 0 Å². The number of rotatable bonds is 67. The second kappa shape index (κ2) is 70.6. The number of hydrogen-bond acceptors (Lipinski definition) is 6. The molecule has 1 unspecified atom stereocenters. The van der Waals surface area contributed by atoms with Crippen molar-refractivity contribution in [3.8, 4) is 0 Å². The van der Waals surface area contributed by atoms with Crippen LogP contribution in [0.2, 0.25) is 0 Å². The fourth-order valence-corrected chi connectivity index (χ4v) is 10.8. The summed E-state index contributed by atoms with van der Waals surface area (Å²) >= 11 is 0. The molecule has 0 aliphatic carbocycles. The van der Waals surface area contributed by atoms with Gasteiger partial charge in [-0.05, 0) is 83.5 Å². The lowest BCUT2D eigenvalue weighted by molar-refractivity contribution is -0.167. The van der Waals surface area contributed by atoms with Crippen molar-refractivity contribution in [2.45, 2.75) is 393 Å². The number of carbonyl (C=O) groups is 3. The summed E-state index contributed by atoms with van der Waals surface area (Å²) in [7, 11) is 0. The summed E-state index contributed by atoms with van der Waals surface area (Å²) in [6.07, 6.45) is 91.3. The molecular weight excluding hydrogens is 1010 g/mol. The Balaban J connectivity index is 4.08. The fraction of sp³-hybridized carbons (Fsp3) is 0.829. The van der Waals surface area contributed by atoms with Crippen LogP contribution in [0.4, 0.5) is 0 Å². The molecule has 0 aliphatic rings. The molecule has 6 heteroatoms. The van der Waals surface area contributed by atoms with Gasteiger partial charge in [-0.25, -0.2) is 0 Å². The standard InChI is InChI=1S/C76H138O6/c1-4-7-10-13-16-19-22-25-28-29-30-31-32-33-34-35-36-37-38-39-40-41-42-43-44-45-46-47-49-51-54-57-60-63-66-69-75(78)81-72-73(71-80-74(77)68-65-62-59-56-53-50-27-24-21-18-15-12-9-6-3)82-76(79)70-67-64-61-58-55-52-48-26-23-20-17-14-11-8-5-2/h8,11,17,20,22,25-26,29-30,48,73H,4-7,9-10,12-16,18-19,21,23-24,27-28,31-47,49-72H2,1-3H3/b11-8-,20-17-,25-22-,30-29-,48-26-. The molecule has 1 atom stereocenters. The van der Waals surface area contributed by atoms with Crippen LogP contribution in [0, 0.1) is 0 Å². The Labute approximate surface area is 510 Å². The van der Waals surface area contributed by atoms with Gasteiger partial charge in [-0.2, -0.15) is 0 Å². The highest BCUT2D eigenvalue weighted by Gasteiger charge is 2.19. The quantitative estimate of drug-likeness (QED) is 0.0261. The summed E-state index contributed by atoms with van der Waals surface area (Å²) in [5.74, 6) is -0.869. The molecule has 0 spiro atoms. The number of allylic oxidation sites excluding steroid dienone is 10. The summed E-state index contributed by atoms with van der Waals surface area (Å²) in [4.78, 5) is 38.4. The zero-order chi connectivity index (χ0) is 59.2. The highest BCUT2D eigenvalue weighted by molar-refractivity contribution is 5.71. The largest absolute Gasteiger partial charge is 0.462 e. The van der Waals surface area contributed by atoms with E-state index in [0.29, 0.717) is 19.3 Å². The average Bonchev–Trinajstić information content (AvgIpc) is 3.47. The molecular formula is C76H138O6. The van der Waals surface area contributed by atoms with Crippen molar-refractivity contribution in [2.24, 2.45) is 0 Å². The summed E-state index contributed by atoms with van der Waals surface area (Å²) < 4.78 is 17.0. The van der Waals surface area contributed by atoms with Gasteiger partial charge in [0.05, 0.1) is 0 Å². The Morgan fingerprint density at radius 2 is 0.476 bits per heavy atom. The number of hydrogen-bond donors (Lipinski definition) is 0. The van der Waals surface area contributed by atoms with Crippen LogP contribution in [0.1, 0.15) is 387 Å². The first-order valence-corrected chi connectivity index (χ1v) is 36.3. The maximum atomic E-state index is 12.9. The minimum atomic E-state index is -0.781. The molecule has 0 fully saturated rings. The molecule has 0 aromatic rings. The highest BCUT2D eigenvalue weighted by atomic mass is 16.6. The molecule has 0 aromatic heterocycles. The molecule has 478 valence electrons. The summed E-state index contributed by atoms with van der Waals surface area (Å²) in [6.45, 7) is 6.56. The van der Waals surface area contributed by atoms with Gasteiger partial charge in [0.25, 0.3) is 0 Å². The third kappa shape index (κ3) is 67.9. The van der Waals surface area contributed by atoms with Crippen molar-refractivity contribution in [3.05, 3.63) is 60.8 Å². The maximum absolute atomic E-state index is 12.9. The molecule has 0 saturated carbocycles. The third-order valence-corrected chi connectivity index (χ3v) is 16.3. The number of unbranched alkanes of at least 4 members (excludes halogenated alkanes) is 46. The predicted octanol–water partition coefficient (Wildman–Crippen LogP) is 25.1. The summed E-state index contributed by atoms with van der Waals surface area (Å²) in [5, 5.41) is 0. The Morgan fingerprint density at radius 3 is 0.744 bits per heavy atom. The van der Waals surface area contributed by atoms with E-state index in [0.717, 1.165) is 103 Å². The van der Waals surface area contributed by atoms with Gasteiger partial charge in [0.2, 0.25) is 0 Å². The molecule has 0 aromatic carbocycles. The van der Waals surface area contributed by atoms with E-state index in [1.165, 1.54) is 244 Å². The number of esters is 3. The van der Waals surface area contributed by atoms with E-state index in [1.54, 1.807) is 0 Å². The minimum absolute atomic E-state index is 0.0759. The molecule has 0 saturated heterocycles. The second-order valence-corrected chi connectivity index (χ2v) is 24.5. The molecule has 82 heavy (non-hydrogen) atoms. The van der Waals surface area contributed by atoms with E-state index < -0.39 is 6.10 Å². The van der Waals surface area contributed by atoms with Crippen molar-refractivity contribution in [3.63, 3.8) is 0 Å². The lowest BCUT2D eigenvalue weighted by Gasteiger charge is -2.18. The topological polar surface area (TPSA) is 78.9 Å². The van der Waals surface area contributed by atoms with Crippen LogP contribution in [0.5, 0.6) is 0 Å². The Bertz CT molecular complexity index is 1460. The Kier molecular flexibility index (Phi) is 68.1. The van der Waals surface area contributed by atoms with Gasteiger partial charge in [-0.3, -0.25) is 14.4 Å². The molecule has 0 amide bonds. The van der Waals surface area contributed by atoms with Crippen LogP contribution in [-0.2, 0) is 28.6 Å². The molecule has 0 bridgehead atoms. The number of carbonyl (C=O) groups excluding carboxylic acids is 3. The monoisotopic (exact) mass is 1150 g/mol. The van der Waals surface area contributed by atoms with E-state index in [4.69, 9.17) is 14.2 Å². The van der Waals surface area contributed by atoms with E-state index >= 15 is 0 Å². The van der Waals surface area contributed by atoms with Gasteiger partial charge >= 0.3 is 17.9 Å². The van der Waals surface area contributed by atoms with Crippen LogP contribution in [0.15, 0.2) is 60.8 Å². The summed E-state index contributed by atoms with van der Waals surface area (Å²) in [5.41, 5.74) is 0. The first-order chi connectivity index (χ1) is 40.5. The molecule has 0 radical (unpaired) electrons. The third-order valence-electron chi connectivity index (χ3n) is 16.3. The molecule has 0 aliphatic heterocycles. The van der Waals surface area contributed by atoms with Crippen molar-refractivity contribution < 1.29 is 28.6 Å². The van der Waals surface area contributed by atoms with E-state index in [2.05, 4.69) is 81.5 Å². The Morgan fingerprint density at radius 1 is 0.256 bits per heavy atom. The van der Waals surface area contributed by atoms with E-state index in [1.807, 2.05) is 0 Å².